The van der Waals surface area contributed by atoms with E-state index in [4.69, 9.17) is 0 Å². The predicted molar refractivity (Wildman–Crippen MR) is 78.3 cm³/mol. The largest absolute Gasteiger partial charge is 0.324 e. The molecule has 5 heteroatoms. The Labute approximate surface area is 117 Å². The first kappa shape index (κ1) is 13.5. The molecule has 0 atom stereocenters. The van der Waals surface area contributed by atoms with Gasteiger partial charge in [0.2, 0.25) is 0 Å². The summed E-state index contributed by atoms with van der Waals surface area (Å²) >= 11 is 1.42. The number of urea groups is 1. The Hall–Kier alpha value is -1.88. The molecule has 0 radical (unpaired) electrons. The summed E-state index contributed by atoms with van der Waals surface area (Å²) in [4.78, 5) is 18.1. The average molecular weight is 275 g/mol. The van der Waals surface area contributed by atoms with E-state index in [0.29, 0.717) is 11.7 Å². The van der Waals surface area contributed by atoms with E-state index in [-0.39, 0.29) is 12.1 Å². The number of anilines is 1. The van der Waals surface area contributed by atoms with Crippen LogP contribution in [0.25, 0.3) is 0 Å². The van der Waals surface area contributed by atoms with Crippen LogP contribution >= 0.6 is 11.3 Å². The van der Waals surface area contributed by atoms with E-state index < -0.39 is 0 Å². The molecule has 1 aromatic carbocycles. The molecular formula is C14H17N3OS. The van der Waals surface area contributed by atoms with Crippen LogP contribution in [0.1, 0.15) is 19.4 Å². The van der Waals surface area contributed by atoms with E-state index in [1.165, 1.54) is 11.3 Å². The van der Waals surface area contributed by atoms with E-state index in [1.807, 2.05) is 49.6 Å². The molecule has 100 valence electrons. The van der Waals surface area contributed by atoms with Crippen LogP contribution in [0.5, 0.6) is 0 Å². The Morgan fingerprint density at radius 1 is 1.37 bits per heavy atom. The second-order valence-electron chi connectivity index (χ2n) is 4.47. The predicted octanol–water partition coefficient (Wildman–Crippen LogP) is 3.59. The lowest BCUT2D eigenvalue weighted by molar-refractivity contribution is 0.193. The lowest BCUT2D eigenvalue weighted by Gasteiger charge is -2.26. The van der Waals surface area contributed by atoms with Crippen LogP contribution in [0.15, 0.2) is 41.9 Å². The highest BCUT2D eigenvalue weighted by atomic mass is 32.1. The Bertz CT molecular complexity index is 511. The molecule has 4 nitrogen and oxygen atoms in total. The maximum absolute atomic E-state index is 12.2. The summed E-state index contributed by atoms with van der Waals surface area (Å²) in [5.41, 5.74) is 1.12. The van der Waals surface area contributed by atoms with E-state index >= 15 is 0 Å². The molecular weight excluding hydrogens is 258 g/mol. The molecule has 19 heavy (non-hydrogen) atoms. The highest BCUT2D eigenvalue weighted by Crippen LogP contribution is 2.14. The molecule has 0 bridgehead atoms. The minimum Gasteiger partial charge on any atom is -0.318 e. The zero-order chi connectivity index (χ0) is 13.7. The Morgan fingerprint density at radius 2 is 2.11 bits per heavy atom. The fraction of sp³-hybridized carbons (Fsp3) is 0.286. The number of hydrogen-bond donors (Lipinski definition) is 1. The van der Waals surface area contributed by atoms with Gasteiger partial charge in [0.1, 0.15) is 0 Å². The van der Waals surface area contributed by atoms with Crippen molar-refractivity contribution in [2.24, 2.45) is 0 Å². The number of carbonyl (C=O) groups excluding carboxylic acids is 1. The molecule has 0 saturated heterocycles. The van der Waals surface area contributed by atoms with Crippen LogP contribution in [0.2, 0.25) is 0 Å². The summed E-state index contributed by atoms with van der Waals surface area (Å²) in [5, 5.41) is 5.29. The molecule has 0 unspecified atom stereocenters. The van der Waals surface area contributed by atoms with Gasteiger partial charge in [0.25, 0.3) is 0 Å². The fourth-order valence-corrected chi connectivity index (χ4v) is 2.24. The summed E-state index contributed by atoms with van der Waals surface area (Å²) in [6.07, 6.45) is 1.68. The van der Waals surface area contributed by atoms with Gasteiger partial charge >= 0.3 is 6.03 Å². The first-order valence-corrected chi connectivity index (χ1v) is 7.06. The number of nitrogens with one attached hydrogen (secondary N) is 1. The summed E-state index contributed by atoms with van der Waals surface area (Å²) in [6, 6.07) is 9.98. The molecule has 0 saturated carbocycles. The molecule has 0 aliphatic rings. The molecule has 0 spiro atoms. The normalized spacial score (nSPS) is 10.5. The van der Waals surface area contributed by atoms with Gasteiger partial charge in [-0.05, 0) is 19.4 Å². The number of nitrogens with zero attached hydrogens (tertiary/aromatic N) is 2. The van der Waals surface area contributed by atoms with Crippen molar-refractivity contribution in [2.45, 2.75) is 26.4 Å². The van der Waals surface area contributed by atoms with Crippen molar-refractivity contribution in [3.63, 3.8) is 0 Å². The number of carbonyl (C=O) groups is 1. The van der Waals surface area contributed by atoms with Crippen molar-refractivity contribution in [1.82, 2.24) is 9.88 Å². The Morgan fingerprint density at radius 3 is 2.68 bits per heavy atom. The van der Waals surface area contributed by atoms with Gasteiger partial charge in [-0.2, -0.15) is 0 Å². The van der Waals surface area contributed by atoms with E-state index in [0.717, 1.165) is 5.56 Å². The van der Waals surface area contributed by atoms with Crippen LogP contribution in [-0.2, 0) is 6.54 Å². The second kappa shape index (κ2) is 6.33. The van der Waals surface area contributed by atoms with Crippen LogP contribution < -0.4 is 5.32 Å². The van der Waals surface area contributed by atoms with Gasteiger partial charge in [0.05, 0.1) is 0 Å². The van der Waals surface area contributed by atoms with Crippen molar-refractivity contribution >= 4 is 22.5 Å². The first-order chi connectivity index (χ1) is 9.16. The van der Waals surface area contributed by atoms with E-state index in [2.05, 4.69) is 10.3 Å². The number of hydrogen-bond acceptors (Lipinski definition) is 3. The van der Waals surface area contributed by atoms with Gasteiger partial charge in [-0.25, -0.2) is 9.78 Å². The lowest BCUT2D eigenvalue weighted by atomic mass is 10.2. The molecule has 0 fully saturated rings. The monoisotopic (exact) mass is 275 g/mol. The van der Waals surface area contributed by atoms with Gasteiger partial charge in [-0.15, -0.1) is 11.3 Å². The Balaban J connectivity index is 2.05. The number of rotatable bonds is 4. The third-order valence-electron chi connectivity index (χ3n) is 2.73. The lowest BCUT2D eigenvalue weighted by Crippen LogP contribution is -2.39. The zero-order valence-electron chi connectivity index (χ0n) is 11.0. The third kappa shape index (κ3) is 3.79. The number of benzene rings is 1. The van der Waals surface area contributed by atoms with Crippen LogP contribution in [0.3, 0.4) is 0 Å². The molecule has 2 amide bonds. The summed E-state index contributed by atoms with van der Waals surface area (Å²) < 4.78 is 0. The number of thiazole rings is 1. The van der Waals surface area contributed by atoms with Crippen LogP contribution in [-0.4, -0.2) is 22.0 Å². The molecule has 0 aliphatic heterocycles. The molecule has 1 aromatic heterocycles. The van der Waals surface area contributed by atoms with Gasteiger partial charge in [0, 0.05) is 24.2 Å². The van der Waals surface area contributed by atoms with Crippen molar-refractivity contribution in [2.75, 3.05) is 5.32 Å². The van der Waals surface area contributed by atoms with Crippen LogP contribution in [0, 0.1) is 0 Å². The van der Waals surface area contributed by atoms with E-state index in [1.54, 1.807) is 11.1 Å². The maximum atomic E-state index is 12.2. The van der Waals surface area contributed by atoms with Gasteiger partial charge in [-0.1, -0.05) is 30.3 Å². The van der Waals surface area contributed by atoms with Crippen LogP contribution in [0.4, 0.5) is 9.93 Å². The smallest absolute Gasteiger partial charge is 0.318 e. The topological polar surface area (TPSA) is 45.2 Å². The third-order valence-corrected chi connectivity index (χ3v) is 3.41. The first-order valence-electron chi connectivity index (χ1n) is 6.18. The van der Waals surface area contributed by atoms with Gasteiger partial charge < -0.3 is 4.90 Å². The second-order valence-corrected chi connectivity index (χ2v) is 5.37. The molecule has 2 rings (SSSR count). The molecule has 1 N–H and O–H groups in total. The quantitative estimate of drug-likeness (QED) is 0.927. The standard InChI is InChI=1S/C14H17N3OS/c1-11(2)17(10-12-6-4-3-5-7-12)14(18)16-13-15-8-9-19-13/h3-9,11H,10H2,1-2H3,(H,15,16,18). The summed E-state index contributed by atoms with van der Waals surface area (Å²) in [7, 11) is 0. The highest BCUT2D eigenvalue weighted by Gasteiger charge is 2.17. The van der Waals surface area contributed by atoms with Crippen molar-refractivity contribution in [3.05, 3.63) is 47.5 Å². The summed E-state index contributed by atoms with van der Waals surface area (Å²) in [5.74, 6) is 0. The fourth-order valence-electron chi connectivity index (χ4n) is 1.72. The van der Waals surface area contributed by atoms with Gasteiger partial charge in [-0.3, -0.25) is 5.32 Å². The van der Waals surface area contributed by atoms with Crippen molar-refractivity contribution in [1.29, 1.82) is 0 Å². The average Bonchev–Trinajstić information content (AvgIpc) is 2.89. The number of aromatic nitrogens is 1. The summed E-state index contributed by atoms with van der Waals surface area (Å²) in [6.45, 7) is 4.60. The van der Waals surface area contributed by atoms with Gasteiger partial charge in [0.15, 0.2) is 5.13 Å². The van der Waals surface area contributed by atoms with E-state index in [9.17, 15) is 4.79 Å². The molecule has 1 heterocycles. The zero-order valence-corrected chi connectivity index (χ0v) is 11.9. The van der Waals surface area contributed by atoms with Crippen molar-refractivity contribution in [3.8, 4) is 0 Å². The highest BCUT2D eigenvalue weighted by molar-refractivity contribution is 7.13. The SMILES string of the molecule is CC(C)N(Cc1ccccc1)C(=O)Nc1nccs1. The minimum atomic E-state index is -0.117. The minimum absolute atomic E-state index is 0.117. The molecule has 2 aromatic rings. The molecule has 0 aliphatic carbocycles. The number of amides is 2. The Kier molecular flexibility index (Phi) is 4.52. The van der Waals surface area contributed by atoms with Crippen molar-refractivity contribution < 1.29 is 4.79 Å². The maximum Gasteiger partial charge on any atom is 0.324 e.